The van der Waals surface area contributed by atoms with Gasteiger partial charge in [-0.1, -0.05) is 13.0 Å². The van der Waals surface area contributed by atoms with Gasteiger partial charge in [0.25, 0.3) is 10.0 Å². The first kappa shape index (κ1) is 14.4. The van der Waals surface area contributed by atoms with Crippen LogP contribution in [0.25, 0.3) is 0 Å². The van der Waals surface area contributed by atoms with Gasteiger partial charge >= 0.3 is 0 Å². The van der Waals surface area contributed by atoms with Crippen LogP contribution in [0.3, 0.4) is 0 Å². The molecular weight excluding hydrogens is 276 g/mol. The van der Waals surface area contributed by atoms with Crippen LogP contribution in [-0.2, 0) is 16.4 Å². The Morgan fingerprint density at radius 3 is 2.55 bits per heavy atom. The summed E-state index contributed by atoms with van der Waals surface area (Å²) in [4.78, 5) is 0.132. The van der Waals surface area contributed by atoms with Gasteiger partial charge < -0.3 is 5.73 Å². The molecule has 20 heavy (non-hydrogen) atoms. The molecule has 0 amide bonds. The zero-order valence-electron chi connectivity index (χ0n) is 11.7. The maximum absolute atomic E-state index is 12.3. The van der Waals surface area contributed by atoms with Crippen LogP contribution < -0.4 is 10.5 Å². The Bertz CT molecular complexity index is 735. The zero-order valence-corrected chi connectivity index (χ0v) is 12.5. The summed E-state index contributed by atoms with van der Waals surface area (Å²) >= 11 is 0. The molecule has 1 heterocycles. The molecule has 2 aromatic rings. The summed E-state index contributed by atoms with van der Waals surface area (Å²) in [5.41, 5.74) is 8.84. The SMILES string of the molecule is CCc1ccc(S(=O)(=O)Nc2n[nH]c(C)c2C)cc1N. The largest absolute Gasteiger partial charge is 0.398 e. The second kappa shape index (κ2) is 5.16. The van der Waals surface area contributed by atoms with Crippen molar-refractivity contribution >= 4 is 21.5 Å². The van der Waals surface area contributed by atoms with E-state index in [9.17, 15) is 8.42 Å². The monoisotopic (exact) mass is 294 g/mol. The lowest BCUT2D eigenvalue weighted by Crippen LogP contribution is -2.14. The highest BCUT2D eigenvalue weighted by Gasteiger charge is 2.18. The number of hydrogen-bond acceptors (Lipinski definition) is 4. The summed E-state index contributed by atoms with van der Waals surface area (Å²) in [6, 6.07) is 4.74. The number of nitrogens with two attached hydrogens (primary N) is 1. The molecule has 108 valence electrons. The fourth-order valence-corrected chi connectivity index (χ4v) is 2.93. The highest BCUT2D eigenvalue weighted by atomic mass is 32.2. The van der Waals surface area contributed by atoms with E-state index in [0.717, 1.165) is 23.2 Å². The molecule has 0 saturated carbocycles. The first-order valence-corrected chi connectivity index (χ1v) is 7.76. The molecule has 0 saturated heterocycles. The van der Waals surface area contributed by atoms with Crippen molar-refractivity contribution in [2.24, 2.45) is 0 Å². The molecule has 2 rings (SSSR count). The molecule has 0 spiro atoms. The van der Waals surface area contributed by atoms with Crippen LogP contribution in [0.15, 0.2) is 23.1 Å². The number of anilines is 2. The number of nitrogens with zero attached hydrogens (tertiary/aromatic N) is 1. The van der Waals surface area contributed by atoms with Gasteiger partial charge in [0.15, 0.2) is 5.82 Å². The lowest BCUT2D eigenvalue weighted by Gasteiger charge is -2.09. The maximum atomic E-state index is 12.3. The fraction of sp³-hybridized carbons (Fsp3) is 0.308. The van der Waals surface area contributed by atoms with Crippen LogP contribution in [0.2, 0.25) is 0 Å². The van der Waals surface area contributed by atoms with Crippen LogP contribution in [0.5, 0.6) is 0 Å². The first-order valence-electron chi connectivity index (χ1n) is 6.28. The summed E-state index contributed by atoms with van der Waals surface area (Å²) in [7, 11) is -3.68. The molecule has 0 aliphatic carbocycles. The average Bonchev–Trinajstić information content (AvgIpc) is 2.70. The quantitative estimate of drug-likeness (QED) is 0.750. The normalized spacial score (nSPS) is 11.6. The first-order chi connectivity index (χ1) is 9.35. The third kappa shape index (κ3) is 2.62. The number of nitrogens with one attached hydrogen (secondary N) is 2. The van der Waals surface area contributed by atoms with Crippen molar-refractivity contribution in [1.82, 2.24) is 10.2 Å². The average molecular weight is 294 g/mol. The molecule has 0 radical (unpaired) electrons. The van der Waals surface area contributed by atoms with Crippen molar-refractivity contribution in [3.05, 3.63) is 35.0 Å². The van der Waals surface area contributed by atoms with E-state index in [0.29, 0.717) is 11.5 Å². The third-order valence-corrected chi connectivity index (χ3v) is 4.63. The predicted molar refractivity (Wildman–Crippen MR) is 79.1 cm³/mol. The van der Waals surface area contributed by atoms with E-state index in [1.54, 1.807) is 19.1 Å². The Hall–Kier alpha value is -2.02. The number of nitrogen functional groups attached to an aromatic ring is 1. The van der Waals surface area contributed by atoms with E-state index < -0.39 is 10.0 Å². The molecule has 0 unspecified atom stereocenters. The minimum Gasteiger partial charge on any atom is -0.398 e. The van der Waals surface area contributed by atoms with Gasteiger partial charge in [0.1, 0.15) is 0 Å². The Kier molecular flexibility index (Phi) is 3.71. The lowest BCUT2D eigenvalue weighted by atomic mass is 10.1. The number of sulfonamides is 1. The van der Waals surface area contributed by atoms with Crippen LogP contribution in [0.4, 0.5) is 11.5 Å². The molecule has 0 fully saturated rings. The van der Waals surface area contributed by atoms with Gasteiger partial charge in [-0.2, -0.15) is 5.10 Å². The summed E-state index contributed by atoms with van der Waals surface area (Å²) in [5, 5.41) is 6.67. The van der Waals surface area contributed by atoms with Crippen molar-refractivity contribution in [2.45, 2.75) is 32.1 Å². The van der Waals surface area contributed by atoms with Crippen molar-refractivity contribution < 1.29 is 8.42 Å². The minimum absolute atomic E-state index is 0.132. The molecule has 0 bridgehead atoms. The number of hydrogen-bond donors (Lipinski definition) is 3. The number of benzene rings is 1. The fourth-order valence-electron chi connectivity index (χ4n) is 1.83. The predicted octanol–water partition coefficient (Wildman–Crippen LogP) is 1.97. The summed E-state index contributed by atoms with van der Waals surface area (Å²) in [6.45, 7) is 5.59. The van der Waals surface area contributed by atoms with Crippen LogP contribution in [0.1, 0.15) is 23.7 Å². The van der Waals surface area contributed by atoms with Gasteiger partial charge in [0.2, 0.25) is 0 Å². The van der Waals surface area contributed by atoms with Gasteiger partial charge in [-0.05, 0) is 38.0 Å². The van der Waals surface area contributed by atoms with Crippen LogP contribution in [-0.4, -0.2) is 18.6 Å². The Morgan fingerprint density at radius 2 is 2.05 bits per heavy atom. The molecule has 7 heteroatoms. The third-order valence-electron chi connectivity index (χ3n) is 3.29. The summed E-state index contributed by atoms with van der Waals surface area (Å²) in [6.07, 6.45) is 0.761. The van der Waals surface area contributed by atoms with Gasteiger partial charge in [-0.3, -0.25) is 9.82 Å². The molecule has 1 aromatic carbocycles. The minimum atomic E-state index is -3.68. The summed E-state index contributed by atoms with van der Waals surface area (Å²) < 4.78 is 27.1. The van der Waals surface area contributed by atoms with E-state index in [2.05, 4.69) is 14.9 Å². The smallest absolute Gasteiger partial charge is 0.263 e. The highest BCUT2D eigenvalue weighted by Crippen LogP contribution is 2.22. The van der Waals surface area contributed by atoms with Crippen LogP contribution in [0, 0.1) is 13.8 Å². The van der Waals surface area contributed by atoms with E-state index in [1.807, 2.05) is 13.8 Å². The van der Waals surface area contributed by atoms with E-state index in [-0.39, 0.29) is 4.90 Å². The maximum Gasteiger partial charge on any atom is 0.263 e. The van der Waals surface area contributed by atoms with Crippen LogP contribution >= 0.6 is 0 Å². The molecule has 4 N–H and O–H groups in total. The number of aromatic amines is 1. The second-order valence-electron chi connectivity index (χ2n) is 4.64. The number of rotatable bonds is 4. The van der Waals surface area contributed by atoms with E-state index in [1.165, 1.54) is 6.07 Å². The van der Waals surface area contributed by atoms with Gasteiger partial charge in [0, 0.05) is 16.9 Å². The van der Waals surface area contributed by atoms with E-state index >= 15 is 0 Å². The number of aromatic nitrogens is 2. The van der Waals surface area contributed by atoms with Crippen molar-refractivity contribution in [2.75, 3.05) is 10.5 Å². The Balaban J connectivity index is 2.36. The van der Waals surface area contributed by atoms with Crippen molar-refractivity contribution in [1.29, 1.82) is 0 Å². The molecular formula is C13H18N4O2S. The molecule has 0 aliphatic heterocycles. The van der Waals surface area contributed by atoms with E-state index in [4.69, 9.17) is 5.73 Å². The highest BCUT2D eigenvalue weighted by molar-refractivity contribution is 7.92. The van der Waals surface area contributed by atoms with Crippen molar-refractivity contribution in [3.8, 4) is 0 Å². The number of H-pyrrole nitrogens is 1. The number of aryl methyl sites for hydroxylation is 2. The topological polar surface area (TPSA) is 101 Å². The van der Waals surface area contributed by atoms with Crippen molar-refractivity contribution in [3.63, 3.8) is 0 Å². The van der Waals surface area contributed by atoms with Gasteiger partial charge in [-0.15, -0.1) is 0 Å². The molecule has 0 atom stereocenters. The standard InChI is InChI=1S/C13H18N4O2S/c1-4-10-5-6-11(7-12(10)14)20(18,19)17-13-8(2)9(3)15-16-13/h5-7H,4,14H2,1-3H3,(H2,15,16,17). The zero-order chi connectivity index (χ0) is 14.9. The lowest BCUT2D eigenvalue weighted by molar-refractivity contribution is 0.601. The second-order valence-corrected chi connectivity index (χ2v) is 6.32. The molecule has 1 aromatic heterocycles. The summed E-state index contributed by atoms with van der Waals surface area (Å²) in [5.74, 6) is 0.306. The molecule has 6 nitrogen and oxygen atoms in total. The van der Waals surface area contributed by atoms with Gasteiger partial charge in [-0.25, -0.2) is 8.42 Å². The Labute approximate surface area is 118 Å². The Morgan fingerprint density at radius 1 is 1.35 bits per heavy atom. The molecule has 0 aliphatic rings. The van der Waals surface area contributed by atoms with Gasteiger partial charge in [0.05, 0.1) is 4.90 Å².